The Morgan fingerprint density at radius 1 is 1.00 bits per heavy atom. The lowest BCUT2D eigenvalue weighted by Crippen LogP contribution is -2.32. The lowest BCUT2D eigenvalue weighted by molar-refractivity contribution is 0.0885. The Morgan fingerprint density at radius 3 is 2.32 bits per heavy atom. The number of aromatic nitrogens is 1. The molecule has 0 bridgehead atoms. The molecule has 1 heterocycles. The van der Waals surface area contributed by atoms with E-state index in [4.69, 9.17) is 0 Å². The molecular weight excluding hydrogens is 278 g/mol. The lowest BCUT2D eigenvalue weighted by Gasteiger charge is -2.10. The van der Waals surface area contributed by atoms with Crippen LogP contribution in [0.1, 0.15) is 45.2 Å². The molecule has 1 N–H and O–H groups in total. The van der Waals surface area contributed by atoms with Gasteiger partial charge >= 0.3 is 0 Å². The smallest absolute Gasteiger partial charge is 0.180 e. The van der Waals surface area contributed by atoms with Crippen LogP contribution in [0.5, 0.6) is 5.75 Å². The zero-order valence-electron chi connectivity index (χ0n) is 11.7. The van der Waals surface area contributed by atoms with Crippen LogP contribution in [-0.4, -0.2) is 21.7 Å². The number of hydrogen-bond donors (Lipinski definition) is 1. The highest BCUT2D eigenvalue weighted by molar-refractivity contribution is 6.29. The quantitative estimate of drug-likeness (QED) is 0.804. The number of ketones is 2. The number of carbonyl (C=O) groups is 2. The minimum atomic E-state index is -1.03. The number of carbonyl (C=O) groups excluding carboxylic acids is 2. The molecule has 108 valence electrons. The maximum Gasteiger partial charge on any atom is 0.180 e. The SMILES string of the molecule is O=C1c2ccccc2C(=O)C1c1nc2c(cc1O)=CCCC=2. The molecule has 4 nitrogen and oxygen atoms in total. The fourth-order valence-electron chi connectivity index (χ4n) is 3.14. The van der Waals surface area contributed by atoms with E-state index in [1.54, 1.807) is 30.3 Å². The van der Waals surface area contributed by atoms with E-state index >= 15 is 0 Å². The molecule has 0 spiro atoms. The van der Waals surface area contributed by atoms with Crippen molar-refractivity contribution < 1.29 is 14.7 Å². The number of rotatable bonds is 1. The molecule has 0 atom stereocenters. The Balaban J connectivity index is 1.92. The van der Waals surface area contributed by atoms with Crippen LogP contribution in [-0.2, 0) is 0 Å². The molecule has 2 aromatic rings. The van der Waals surface area contributed by atoms with E-state index < -0.39 is 5.92 Å². The number of Topliss-reactive ketones (excluding diaryl/α,β-unsaturated/α-hetero) is 2. The summed E-state index contributed by atoms with van der Waals surface area (Å²) in [5, 5.41) is 11.8. The van der Waals surface area contributed by atoms with Gasteiger partial charge in [-0.05, 0) is 24.1 Å². The molecule has 0 aliphatic heterocycles. The maximum absolute atomic E-state index is 12.5. The van der Waals surface area contributed by atoms with Gasteiger partial charge in [0.25, 0.3) is 0 Å². The van der Waals surface area contributed by atoms with Crippen molar-refractivity contribution in [1.29, 1.82) is 0 Å². The average Bonchev–Trinajstić information content (AvgIpc) is 2.79. The van der Waals surface area contributed by atoms with Crippen LogP contribution in [0, 0.1) is 0 Å². The molecule has 1 aromatic heterocycles. The molecule has 22 heavy (non-hydrogen) atoms. The number of pyridine rings is 1. The van der Waals surface area contributed by atoms with Crippen molar-refractivity contribution in [3.8, 4) is 5.75 Å². The van der Waals surface area contributed by atoms with Crippen LogP contribution in [0.4, 0.5) is 0 Å². The first kappa shape index (κ1) is 13.0. The summed E-state index contributed by atoms with van der Waals surface area (Å²) < 4.78 is 0. The van der Waals surface area contributed by atoms with E-state index in [9.17, 15) is 14.7 Å². The topological polar surface area (TPSA) is 67.3 Å². The third kappa shape index (κ3) is 1.73. The highest BCUT2D eigenvalue weighted by atomic mass is 16.3. The van der Waals surface area contributed by atoms with Crippen molar-refractivity contribution in [2.24, 2.45) is 0 Å². The van der Waals surface area contributed by atoms with Crippen LogP contribution >= 0.6 is 0 Å². The van der Waals surface area contributed by atoms with Crippen LogP contribution in [0.2, 0.25) is 0 Å². The second kappa shape index (κ2) is 4.63. The van der Waals surface area contributed by atoms with Crippen molar-refractivity contribution in [1.82, 2.24) is 4.98 Å². The van der Waals surface area contributed by atoms with Crippen LogP contribution in [0.15, 0.2) is 30.3 Å². The Bertz CT molecular complexity index is 908. The molecule has 4 heteroatoms. The molecule has 2 aliphatic rings. The minimum Gasteiger partial charge on any atom is -0.506 e. The average molecular weight is 291 g/mol. The first-order chi connectivity index (χ1) is 10.7. The second-order valence-electron chi connectivity index (χ2n) is 5.56. The molecule has 0 unspecified atom stereocenters. The van der Waals surface area contributed by atoms with Gasteiger partial charge in [0.2, 0.25) is 0 Å². The summed E-state index contributed by atoms with van der Waals surface area (Å²) in [4.78, 5) is 29.5. The molecular formula is C18H13NO3. The summed E-state index contributed by atoms with van der Waals surface area (Å²) in [7, 11) is 0. The normalized spacial score (nSPS) is 16.7. The Hall–Kier alpha value is -2.75. The van der Waals surface area contributed by atoms with Gasteiger partial charge in [0.15, 0.2) is 11.6 Å². The number of benzene rings is 1. The van der Waals surface area contributed by atoms with Crippen molar-refractivity contribution in [2.45, 2.75) is 18.8 Å². The van der Waals surface area contributed by atoms with Gasteiger partial charge in [-0.15, -0.1) is 0 Å². The van der Waals surface area contributed by atoms with Crippen LogP contribution in [0.3, 0.4) is 0 Å². The van der Waals surface area contributed by atoms with Crippen molar-refractivity contribution in [3.05, 3.63) is 57.7 Å². The molecule has 0 saturated carbocycles. The molecule has 0 amide bonds. The van der Waals surface area contributed by atoms with E-state index in [1.807, 2.05) is 12.2 Å². The van der Waals surface area contributed by atoms with Crippen LogP contribution < -0.4 is 10.6 Å². The van der Waals surface area contributed by atoms with Gasteiger partial charge in [0.1, 0.15) is 17.4 Å². The molecule has 4 rings (SSSR count). The monoisotopic (exact) mass is 291 g/mol. The predicted molar refractivity (Wildman–Crippen MR) is 81.2 cm³/mol. The fourth-order valence-corrected chi connectivity index (χ4v) is 3.14. The predicted octanol–water partition coefficient (Wildman–Crippen LogP) is 1.30. The molecule has 0 saturated heterocycles. The zero-order chi connectivity index (χ0) is 15.3. The van der Waals surface area contributed by atoms with Gasteiger partial charge in [0.05, 0.1) is 5.35 Å². The summed E-state index contributed by atoms with van der Waals surface area (Å²) in [6.45, 7) is 0. The maximum atomic E-state index is 12.5. The summed E-state index contributed by atoms with van der Waals surface area (Å²) in [6.07, 6.45) is 5.74. The molecule has 0 fully saturated rings. The standard InChI is InChI=1S/C18H13NO3/c20-14-9-10-5-1-4-8-13(10)19-16(14)15-17(21)11-6-2-3-7-12(11)18(15)22/h2-3,5-9,15,20H,1,4H2. The lowest BCUT2D eigenvalue weighted by atomic mass is 9.97. The van der Waals surface area contributed by atoms with Crippen molar-refractivity contribution in [2.75, 3.05) is 0 Å². The Kier molecular flexibility index (Phi) is 2.73. The highest BCUT2D eigenvalue weighted by Gasteiger charge is 2.41. The third-order valence-corrected chi connectivity index (χ3v) is 4.22. The number of fused-ring (bicyclic) bond motifs is 2. The van der Waals surface area contributed by atoms with E-state index in [2.05, 4.69) is 4.98 Å². The summed E-state index contributed by atoms with van der Waals surface area (Å²) in [5.41, 5.74) is 0.982. The minimum absolute atomic E-state index is 0.0928. The van der Waals surface area contributed by atoms with E-state index in [1.165, 1.54) is 0 Å². The molecule has 2 aliphatic carbocycles. The van der Waals surface area contributed by atoms with E-state index in [0.29, 0.717) is 11.1 Å². The van der Waals surface area contributed by atoms with E-state index in [0.717, 1.165) is 23.4 Å². The highest BCUT2D eigenvalue weighted by Crippen LogP contribution is 2.35. The van der Waals surface area contributed by atoms with E-state index in [-0.39, 0.29) is 23.0 Å². The van der Waals surface area contributed by atoms with Gasteiger partial charge in [-0.3, -0.25) is 9.59 Å². The zero-order valence-corrected chi connectivity index (χ0v) is 11.7. The largest absolute Gasteiger partial charge is 0.506 e. The number of hydrogen-bond acceptors (Lipinski definition) is 4. The summed E-state index contributed by atoms with van der Waals surface area (Å²) >= 11 is 0. The van der Waals surface area contributed by atoms with Crippen molar-refractivity contribution >= 4 is 23.7 Å². The van der Waals surface area contributed by atoms with Gasteiger partial charge in [-0.25, -0.2) is 4.98 Å². The number of nitrogens with zero attached hydrogens (tertiary/aromatic N) is 1. The van der Waals surface area contributed by atoms with Gasteiger partial charge in [0, 0.05) is 11.1 Å². The Morgan fingerprint density at radius 2 is 1.64 bits per heavy atom. The third-order valence-electron chi connectivity index (χ3n) is 4.22. The van der Waals surface area contributed by atoms with Crippen LogP contribution in [0.25, 0.3) is 12.2 Å². The molecule has 1 aromatic carbocycles. The summed E-state index contributed by atoms with van der Waals surface area (Å²) in [5.74, 6) is -1.70. The summed E-state index contributed by atoms with van der Waals surface area (Å²) in [6, 6.07) is 8.34. The van der Waals surface area contributed by atoms with Gasteiger partial charge < -0.3 is 5.11 Å². The fraction of sp³-hybridized carbons (Fsp3) is 0.167. The second-order valence-corrected chi connectivity index (χ2v) is 5.56. The Labute approximate surface area is 126 Å². The molecule has 0 radical (unpaired) electrons. The van der Waals surface area contributed by atoms with Gasteiger partial charge in [-0.1, -0.05) is 36.4 Å². The van der Waals surface area contributed by atoms with Crippen molar-refractivity contribution in [3.63, 3.8) is 0 Å². The number of aromatic hydroxyl groups is 1. The first-order valence-corrected chi connectivity index (χ1v) is 7.24. The first-order valence-electron chi connectivity index (χ1n) is 7.24. The van der Waals surface area contributed by atoms with Gasteiger partial charge in [-0.2, -0.15) is 0 Å².